The highest BCUT2D eigenvalue weighted by atomic mass is 16.7. The van der Waals surface area contributed by atoms with Gasteiger partial charge >= 0.3 is 11.9 Å². The summed E-state index contributed by atoms with van der Waals surface area (Å²) in [4.78, 5) is 30.1. The van der Waals surface area contributed by atoms with Crippen molar-refractivity contribution in [2.75, 3.05) is 21.2 Å². The van der Waals surface area contributed by atoms with E-state index in [1.807, 2.05) is 77.9 Å². The molecular formula is C45H69N3O11. The van der Waals surface area contributed by atoms with Crippen LogP contribution in [0.4, 0.5) is 0 Å². The van der Waals surface area contributed by atoms with Gasteiger partial charge in [0.15, 0.2) is 6.29 Å². The standard InChI is InChI=1S/C45H69N3O11/c1-14-35-45(10,53)40(51)28(5)37(47-46-31(8)34-16-15-21-55-34)26(3)24-44(9,54-13)41(59-43-38(50)33(48(11)12)22-27(4)56-43)29(6)39(30(7)42(52)57-35)58-36(49)23-32-19-17-25(2)18-20-32/h15-21,26-30,33,35,38-41,43,50-51,53H,14,22-24H2,1-13H3/b46-31+,47-37+/t26-,27?,28+,29+,30-,33?,35-,38?,39+,40-,41-,43?,44-,45-/m1/s1. The second kappa shape index (κ2) is 20.4. The lowest BCUT2D eigenvalue weighted by Crippen LogP contribution is -2.60. The number of furan rings is 1. The van der Waals surface area contributed by atoms with Crippen LogP contribution < -0.4 is 0 Å². The highest BCUT2D eigenvalue weighted by molar-refractivity contribution is 5.97. The van der Waals surface area contributed by atoms with Crippen LogP contribution in [0.5, 0.6) is 0 Å². The quantitative estimate of drug-likeness (QED) is 0.156. The third-order valence-electron chi connectivity index (χ3n) is 12.5. The van der Waals surface area contributed by atoms with Gasteiger partial charge in [0.2, 0.25) is 0 Å². The van der Waals surface area contributed by atoms with Crippen molar-refractivity contribution in [3.8, 4) is 0 Å². The number of hydrogen-bond donors (Lipinski definition) is 3. The van der Waals surface area contributed by atoms with Crippen LogP contribution in [0.25, 0.3) is 0 Å². The van der Waals surface area contributed by atoms with Crippen LogP contribution in [-0.4, -0.2) is 125 Å². The number of aryl methyl sites for hydroxylation is 1. The zero-order chi connectivity index (χ0) is 44.0. The van der Waals surface area contributed by atoms with Crippen LogP contribution in [0.3, 0.4) is 0 Å². The van der Waals surface area contributed by atoms with E-state index in [1.54, 1.807) is 46.9 Å². The second-order valence-corrected chi connectivity index (χ2v) is 17.5. The van der Waals surface area contributed by atoms with Gasteiger partial charge in [0.1, 0.15) is 35.4 Å². The first-order valence-corrected chi connectivity index (χ1v) is 20.9. The fraction of sp³-hybridized carbons (Fsp3) is 0.689. The van der Waals surface area contributed by atoms with Crippen molar-refractivity contribution in [2.45, 2.75) is 155 Å². The first-order valence-electron chi connectivity index (χ1n) is 20.9. The molecule has 2 fully saturated rings. The van der Waals surface area contributed by atoms with Crippen molar-refractivity contribution in [1.82, 2.24) is 4.90 Å². The predicted molar refractivity (Wildman–Crippen MR) is 224 cm³/mol. The Balaban J connectivity index is 1.91. The molecular weight excluding hydrogens is 759 g/mol. The largest absolute Gasteiger partial charge is 0.463 e. The Kier molecular flexibility index (Phi) is 16.6. The summed E-state index contributed by atoms with van der Waals surface area (Å²) >= 11 is 0. The van der Waals surface area contributed by atoms with Gasteiger partial charge in [-0.1, -0.05) is 57.5 Å². The molecule has 14 heteroatoms. The molecule has 0 spiro atoms. The molecule has 2 aromatic rings. The summed E-state index contributed by atoms with van der Waals surface area (Å²) < 4.78 is 37.5. The molecule has 14 atom stereocenters. The minimum Gasteiger partial charge on any atom is -0.463 e. The number of nitrogens with zero attached hydrogens (tertiary/aromatic N) is 3. The number of rotatable bonds is 10. The highest BCUT2D eigenvalue weighted by Crippen LogP contribution is 2.40. The molecule has 3 heterocycles. The minimum atomic E-state index is -1.94. The van der Waals surface area contributed by atoms with E-state index in [9.17, 15) is 24.9 Å². The molecule has 3 N–H and O–H groups in total. The Morgan fingerprint density at radius 2 is 1.69 bits per heavy atom. The van der Waals surface area contributed by atoms with Crippen LogP contribution in [0.2, 0.25) is 0 Å². The van der Waals surface area contributed by atoms with Gasteiger partial charge in [-0.15, -0.1) is 0 Å². The predicted octanol–water partition coefficient (Wildman–Crippen LogP) is 5.51. The fourth-order valence-electron chi connectivity index (χ4n) is 8.72. The van der Waals surface area contributed by atoms with E-state index in [4.69, 9.17) is 33.2 Å². The van der Waals surface area contributed by atoms with Crippen LogP contribution in [-0.2, 0) is 39.7 Å². The van der Waals surface area contributed by atoms with Crippen molar-refractivity contribution < 1.29 is 53.0 Å². The number of aliphatic hydroxyl groups is 3. The number of esters is 2. The maximum Gasteiger partial charge on any atom is 0.312 e. The number of cyclic esters (lactones) is 1. The van der Waals surface area contributed by atoms with Gasteiger partial charge in [-0.2, -0.15) is 10.2 Å². The maximum absolute atomic E-state index is 14.3. The molecule has 2 aliphatic rings. The molecule has 2 saturated heterocycles. The van der Waals surface area contributed by atoms with E-state index in [-0.39, 0.29) is 31.4 Å². The number of methoxy groups -OCH3 is 1. The summed E-state index contributed by atoms with van der Waals surface area (Å²) in [6.07, 6.45) is -4.82. The van der Waals surface area contributed by atoms with Gasteiger partial charge in [0, 0.05) is 30.7 Å². The Hall–Kier alpha value is -3.50. The molecule has 0 aliphatic carbocycles. The Morgan fingerprint density at radius 3 is 2.27 bits per heavy atom. The summed E-state index contributed by atoms with van der Waals surface area (Å²) in [6, 6.07) is 10.7. The maximum atomic E-state index is 14.3. The lowest BCUT2D eigenvalue weighted by atomic mass is 9.73. The number of hydrogen-bond acceptors (Lipinski definition) is 14. The minimum absolute atomic E-state index is 0.0595. The van der Waals surface area contributed by atoms with E-state index < -0.39 is 83.6 Å². The Bertz CT molecular complexity index is 1730. The first kappa shape index (κ1) is 48.2. The molecule has 4 rings (SSSR count). The number of benzene rings is 1. The van der Waals surface area contributed by atoms with Crippen molar-refractivity contribution >= 4 is 23.4 Å². The number of ether oxygens (including phenoxy) is 5. The lowest BCUT2D eigenvalue weighted by molar-refractivity contribution is -0.301. The van der Waals surface area contributed by atoms with Crippen molar-refractivity contribution in [2.24, 2.45) is 33.9 Å². The van der Waals surface area contributed by atoms with E-state index in [0.717, 1.165) is 11.1 Å². The summed E-state index contributed by atoms with van der Waals surface area (Å²) in [5.74, 6) is -3.96. The normalized spacial score (nSPS) is 37.5. The van der Waals surface area contributed by atoms with Crippen molar-refractivity contribution in [3.63, 3.8) is 0 Å². The molecule has 59 heavy (non-hydrogen) atoms. The molecule has 1 aromatic heterocycles. The molecule has 0 amide bonds. The summed E-state index contributed by atoms with van der Waals surface area (Å²) in [5, 5.41) is 45.0. The van der Waals surface area contributed by atoms with E-state index >= 15 is 0 Å². The van der Waals surface area contributed by atoms with Gasteiger partial charge in [-0.05, 0) is 98.5 Å². The fourth-order valence-corrected chi connectivity index (χ4v) is 8.72. The molecule has 14 nitrogen and oxygen atoms in total. The van der Waals surface area contributed by atoms with Crippen LogP contribution in [0.15, 0.2) is 57.3 Å². The molecule has 330 valence electrons. The topological polar surface area (TPSA) is 182 Å². The lowest BCUT2D eigenvalue weighted by Gasteiger charge is -2.48. The van der Waals surface area contributed by atoms with Crippen LogP contribution >= 0.6 is 0 Å². The summed E-state index contributed by atoms with van der Waals surface area (Å²) in [6.45, 7) is 17.8. The molecule has 0 saturated carbocycles. The van der Waals surface area contributed by atoms with Gasteiger partial charge in [0.25, 0.3) is 0 Å². The van der Waals surface area contributed by atoms with Gasteiger partial charge in [-0.3, -0.25) is 9.59 Å². The van der Waals surface area contributed by atoms with Gasteiger partial charge < -0.3 is 48.3 Å². The second-order valence-electron chi connectivity index (χ2n) is 17.5. The third-order valence-corrected chi connectivity index (χ3v) is 12.5. The van der Waals surface area contributed by atoms with Crippen molar-refractivity contribution in [3.05, 3.63) is 59.5 Å². The van der Waals surface area contributed by atoms with E-state index in [1.165, 1.54) is 13.2 Å². The number of aliphatic hydroxyl groups excluding tert-OH is 2. The van der Waals surface area contributed by atoms with Gasteiger partial charge in [-0.25, -0.2) is 0 Å². The first-order chi connectivity index (χ1) is 27.6. The average Bonchev–Trinajstić information content (AvgIpc) is 3.74. The van der Waals surface area contributed by atoms with E-state index in [2.05, 4.69) is 5.10 Å². The Morgan fingerprint density at radius 1 is 1.03 bits per heavy atom. The van der Waals surface area contributed by atoms with E-state index in [0.29, 0.717) is 23.6 Å². The summed E-state index contributed by atoms with van der Waals surface area (Å²) in [5.41, 5.74) is -0.493. The Labute approximate surface area is 350 Å². The smallest absolute Gasteiger partial charge is 0.312 e. The van der Waals surface area contributed by atoms with Crippen LogP contribution in [0.1, 0.15) is 98.5 Å². The zero-order valence-electron chi connectivity index (χ0n) is 37.2. The number of likely N-dealkylation sites (N-methyl/N-ethyl adjacent to an activating group) is 1. The van der Waals surface area contributed by atoms with Crippen molar-refractivity contribution in [1.29, 1.82) is 0 Å². The molecule has 2 aliphatic heterocycles. The molecule has 0 radical (unpaired) electrons. The zero-order valence-corrected chi connectivity index (χ0v) is 37.2. The molecule has 4 unspecified atom stereocenters. The van der Waals surface area contributed by atoms with Gasteiger partial charge in [0.05, 0.1) is 42.5 Å². The third kappa shape index (κ3) is 11.5. The number of carbonyl (C=O) groups is 2. The number of carbonyl (C=O) groups excluding carboxylic acids is 2. The monoisotopic (exact) mass is 827 g/mol. The SMILES string of the molecule is CC[C@H]1OC(=O)[C@H](C)[C@@H](OC(=O)Cc2ccc(C)cc2)[C@H](C)[C@@H](OC2OC(C)CC(N(C)C)C2O)[C@](C)(OC)C[C@@H](C)/C(=N\N=C(/C)c2ccco2)[C@H](C)[C@@H](O)[C@]1(C)O. The average molecular weight is 828 g/mol. The molecule has 1 aromatic carbocycles. The molecule has 0 bridgehead atoms. The van der Waals surface area contributed by atoms with Crippen LogP contribution in [0, 0.1) is 30.6 Å². The highest BCUT2D eigenvalue weighted by Gasteiger charge is 2.52. The summed E-state index contributed by atoms with van der Waals surface area (Å²) in [7, 11) is 5.32.